The molecule has 0 aliphatic heterocycles. The Balaban J connectivity index is 1.39. The van der Waals surface area contributed by atoms with Gasteiger partial charge in [0.15, 0.2) is 0 Å². The minimum absolute atomic E-state index is 0.287. The summed E-state index contributed by atoms with van der Waals surface area (Å²) in [7, 11) is 2.22. The molecule has 1 saturated carbocycles. The first-order valence-electron chi connectivity index (χ1n) is 10.3. The molecule has 1 heterocycles. The van der Waals surface area contributed by atoms with Crippen molar-refractivity contribution < 1.29 is 8.81 Å². The molecule has 5 nitrogen and oxygen atoms in total. The molecule has 0 saturated heterocycles. The molecule has 4 rings (SSSR count). The van der Waals surface area contributed by atoms with Gasteiger partial charge in [-0.3, -0.25) is 4.90 Å². The Hall–Kier alpha value is -2.73. The smallest absolute Gasteiger partial charge is 0.247 e. The number of hydrogen-bond donors (Lipinski definition) is 1. The van der Waals surface area contributed by atoms with E-state index in [9.17, 15) is 4.39 Å². The van der Waals surface area contributed by atoms with Crippen molar-refractivity contribution in [1.82, 2.24) is 15.1 Å². The third-order valence-electron chi connectivity index (χ3n) is 5.62. The first-order chi connectivity index (χ1) is 14.2. The maximum atomic E-state index is 13.1. The maximum absolute atomic E-state index is 13.1. The molecule has 2 aromatic carbocycles. The highest BCUT2D eigenvalue weighted by molar-refractivity contribution is 5.53. The normalized spacial score (nSPS) is 15.0. The summed E-state index contributed by atoms with van der Waals surface area (Å²) < 4.78 is 18.8. The van der Waals surface area contributed by atoms with Gasteiger partial charge < -0.3 is 9.73 Å². The molecule has 0 bridgehead atoms. The van der Waals surface area contributed by atoms with E-state index in [0.717, 1.165) is 12.2 Å². The van der Waals surface area contributed by atoms with Crippen LogP contribution in [0, 0.1) is 5.82 Å². The molecule has 1 aliphatic rings. The lowest BCUT2D eigenvalue weighted by Crippen LogP contribution is -2.33. The van der Waals surface area contributed by atoms with Crippen LogP contribution in [-0.2, 0) is 13.1 Å². The SMILES string of the molecule is CN(Cc1ccccc1NCc1nnc(-c2ccc(F)cc2)o1)C1CCCCC1. The van der Waals surface area contributed by atoms with E-state index >= 15 is 0 Å². The minimum atomic E-state index is -0.287. The number of para-hydroxylation sites is 1. The van der Waals surface area contributed by atoms with Gasteiger partial charge in [0.2, 0.25) is 11.8 Å². The molecule has 29 heavy (non-hydrogen) atoms. The zero-order valence-corrected chi connectivity index (χ0v) is 16.8. The van der Waals surface area contributed by atoms with Crippen LogP contribution in [0.1, 0.15) is 43.6 Å². The summed E-state index contributed by atoms with van der Waals surface area (Å²) in [6.45, 7) is 1.36. The van der Waals surface area contributed by atoms with Crippen LogP contribution in [0.2, 0.25) is 0 Å². The number of rotatable bonds is 7. The third kappa shape index (κ3) is 5.01. The standard InChI is InChI=1S/C23H27FN4O/c1-28(20-8-3-2-4-9-20)16-18-7-5-6-10-21(18)25-15-22-26-27-23(29-22)17-11-13-19(24)14-12-17/h5-7,10-14,20,25H,2-4,8-9,15-16H2,1H3. The van der Waals surface area contributed by atoms with Crippen molar-refractivity contribution in [3.63, 3.8) is 0 Å². The van der Waals surface area contributed by atoms with Gasteiger partial charge in [-0.05, 0) is 55.8 Å². The highest BCUT2D eigenvalue weighted by atomic mass is 19.1. The molecule has 0 spiro atoms. The summed E-state index contributed by atoms with van der Waals surface area (Å²) in [5, 5.41) is 11.6. The number of nitrogens with zero attached hydrogens (tertiary/aromatic N) is 3. The molecule has 1 aromatic heterocycles. The van der Waals surface area contributed by atoms with Gasteiger partial charge in [0, 0.05) is 23.8 Å². The first kappa shape index (κ1) is 19.6. The predicted molar refractivity (Wildman–Crippen MR) is 112 cm³/mol. The van der Waals surface area contributed by atoms with Crippen LogP contribution in [0.25, 0.3) is 11.5 Å². The quantitative estimate of drug-likeness (QED) is 0.593. The summed E-state index contributed by atoms with van der Waals surface area (Å²) in [4.78, 5) is 2.47. The van der Waals surface area contributed by atoms with Crippen molar-refractivity contribution in [3.8, 4) is 11.5 Å². The summed E-state index contributed by atoms with van der Waals surface area (Å²) in [5.74, 6) is 0.608. The minimum Gasteiger partial charge on any atom is -0.419 e. The summed E-state index contributed by atoms with van der Waals surface area (Å²) in [6.07, 6.45) is 6.62. The van der Waals surface area contributed by atoms with Crippen LogP contribution < -0.4 is 5.32 Å². The fraction of sp³-hybridized carbons (Fsp3) is 0.391. The molecule has 1 fully saturated rings. The zero-order valence-electron chi connectivity index (χ0n) is 16.8. The van der Waals surface area contributed by atoms with E-state index in [1.54, 1.807) is 12.1 Å². The Morgan fingerprint density at radius 3 is 2.59 bits per heavy atom. The summed E-state index contributed by atoms with van der Waals surface area (Å²) >= 11 is 0. The van der Waals surface area contributed by atoms with E-state index < -0.39 is 0 Å². The van der Waals surface area contributed by atoms with Crippen LogP contribution in [-0.4, -0.2) is 28.2 Å². The van der Waals surface area contributed by atoms with Crippen molar-refractivity contribution in [2.75, 3.05) is 12.4 Å². The topological polar surface area (TPSA) is 54.2 Å². The Bertz CT molecular complexity index is 919. The lowest BCUT2D eigenvalue weighted by Gasteiger charge is -2.31. The molecule has 0 atom stereocenters. The molecule has 1 aliphatic carbocycles. The molecule has 152 valence electrons. The van der Waals surface area contributed by atoms with Crippen molar-refractivity contribution in [2.45, 2.75) is 51.2 Å². The maximum Gasteiger partial charge on any atom is 0.247 e. The third-order valence-corrected chi connectivity index (χ3v) is 5.62. The number of nitrogens with one attached hydrogen (secondary N) is 1. The zero-order chi connectivity index (χ0) is 20.1. The van der Waals surface area contributed by atoms with E-state index in [0.29, 0.717) is 29.9 Å². The van der Waals surface area contributed by atoms with Crippen molar-refractivity contribution in [3.05, 3.63) is 65.8 Å². The highest BCUT2D eigenvalue weighted by Gasteiger charge is 2.19. The van der Waals surface area contributed by atoms with Gasteiger partial charge in [0.05, 0.1) is 6.54 Å². The largest absolute Gasteiger partial charge is 0.419 e. The fourth-order valence-corrected chi connectivity index (χ4v) is 3.96. The molecule has 0 radical (unpaired) electrons. The molecule has 6 heteroatoms. The van der Waals surface area contributed by atoms with Crippen LogP contribution in [0.15, 0.2) is 52.9 Å². The molecular formula is C23H27FN4O. The monoisotopic (exact) mass is 394 g/mol. The number of halogens is 1. The molecule has 0 amide bonds. The first-order valence-corrected chi connectivity index (χ1v) is 10.3. The fourth-order valence-electron chi connectivity index (χ4n) is 3.96. The second-order valence-corrected chi connectivity index (χ2v) is 7.73. The van der Waals surface area contributed by atoms with E-state index in [2.05, 4.69) is 45.7 Å². The van der Waals surface area contributed by atoms with Gasteiger partial charge in [0.25, 0.3) is 0 Å². The number of anilines is 1. The van der Waals surface area contributed by atoms with Gasteiger partial charge in [-0.25, -0.2) is 4.39 Å². The van der Waals surface area contributed by atoms with Crippen LogP contribution in [0.5, 0.6) is 0 Å². The van der Waals surface area contributed by atoms with Crippen LogP contribution in [0.3, 0.4) is 0 Å². The highest BCUT2D eigenvalue weighted by Crippen LogP contribution is 2.25. The number of hydrogen-bond acceptors (Lipinski definition) is 5. The predicted octanol–water partition coefficient (Wildman–Crippen LogP) is 5.25. The van der Waals surface area contributed by atoms with Crippen molar-refractivity contribution in [1.29, 1.82) is 0 Å². The van der Waals surface area contributed by atoms with Crippen LogP contribution in [0.4, 0.5) is 10.1 Å². The molecule has 1 N–H and O–H groups in total. The summed E-state index contributed by atoms with van der Waals surface area (Å²) in [5.41, 5.74) is 3.05. The van der Waals surface area contributed by atoms with Gasteiger partial charge in [-0.2, -0.15) is 0 Å². The molecule has 0 unspecified atom stereocenters. The second-order valence-electron chi connectivity index (χ2n) is 7.73. The molecular weight excluding hydrogens is 367 g/mol. The van der Waals surface area contributed by atoms with E-state index in [1.807, 2.05) is 6.07 Å². The van der Waals surface area contributed by atoms with Gasteiger partial charge in [-0.15, -0.1) is 10.2 Å². The Morgan fingerprint density at radius 2 is 1.79 bits per heavy atom. The van der Waals surface area contributed by atoms with E-state index in [-0.39, 0.29) is 5.82 Å². The van der Waals surface area contributed by atoms with E-state index in [4.69, 9.17) is 4.42 Å². The Labute approximate surface area is 171 Å². The Morgan fingerprint density at radius 1 is 1.03 bits per heavy atom. The lowest BCUT2D eigenvalue weighted by molar-refractivity contribution is 0.185. The second kappa shape index (κ2) is 9.18. The van der Waals surface area contributed by atoms with Crippen molar-refractivity contribution in [2.24, 2.45) is 0 Å². The average Bonchev–Trinajstić information content (AvgIpc) is 3.23. The number of benzene rings is 2. The Kier molecular flexibility index (Phi) is 6.20. The van der Waals surface area contributed by atoms with Crippen LogP contribution >= 0.6 is 0 Å². The van der Waals surface area contributed by atoms with Crippen molar-refractivity contribution >= 4 is 5.69 Å². The summed E-state index contributed by atoms with van der Waals surface area (Å²) in [6, 6.07) is 15.1. The van der Waals surface area contributed by atoms with E-state index in [1.165, 1.54) is 49.8 Å². The average molecular weight is 394 g/mol. The van der Waals surface area contributed by atoms with Gasteiger partial charge in [-0.1, -0.05) is 37.5 Å². The van der Waals surface area contributed by atoms with Gasteiger partial charge >= 0.3 is 0 Å². The molecule has 3 aromatic rings. The lowest BCUT2D eigenvalue weighted by atomic mass is 9.94. The number of aromatic nitrogens is 2. The van der Waals surface area contributed by atoms with Gasteiger partial charge in [0.1, 0.15) is 5.82 Å².